The van der Waals surface area contributed by atoms with Crippen molar-refractivity contribution in [2.24, 2.45) is 0 Å². The number of aryl methyl sites for hydroxylation is 1. The summed E-state index contributed by atoms with van der Waals surface area (Å²) in [4.78, 5) is 28.7. The van der Waals surface area contributed by atoms with Gasteiger partial charge in [0.1, 0.15) is 5.75 Å². The molecular formula is C19H19N3O3. The first kappa shape index (κ1) is 16.7. The van der Waals surface area contributed by atoms with Crippen molar-refractivity contribution in [1.29, 1.82) is 0 Å². The predicted octanol–water partition coefficient (Wildman–Crippen LogP) is 2.82. The van der Waals surface area contributed by atoms with Crippen LogP contribution in [0.1, 0.15) is 13.3 Å². The molecule has 3 aromatic rings. The zero-order valence-electron chi connectivity index (χ0n) is 13.9. The van der Waals surface area contributed by atoms with Crippen molar-refractivity contribution in [3.63, 3.8) is 0 Å². The highest BCUT2D eigenvalue weighted by molar-refractivity contribution is 5.90. The van der Waals surface area contributed by atoms with Gasteiger partial charge in [-0.3, -0.25) is 14.2 Å². The molecule has 3 rings (SSSR count). The standard InChI is InChI=1S/C19H19N3O3/c1-2-25-15-9-7-14(8-10-15)21-18(23)11-12-22-13-20-17-6-4-3-5-16(17)19(22)24/h3-10,13H,2,11-12H2,1H3,(H,21,23). The Morgan fingerprint density at radius 2 is 1.92 bits per heavy atom. The molecule has 25 heavy (non-hydrogen) atoms. The summed E-state index contributed by atoms with van der Waals surface area (Å²) >= 11 is 0. The van der Waals surface area contributed by atoms with Gasteiger partial charge in [0, 0.05) is 18.7 Å². The molecule has 0 saturated heterocycles. The summed E-state index contributed by atoms with van der Waals surface area (Å²) in [7, 11) is 0. The van der Waals surface area contributed by atoms with Crippen molar-refractivity contribution in [3.05, 3.63) is 65.2 Å². The highest BCUT2D eigenvalue weighted by Gasteiger charge is 2.07. The minimum absolute atomic E-state index is 0.139. The Labute approximate surface area is 145 Å². The van der Waals surface area contributed by atoms with Gasteiger partial charge in [0.15, 0.2) is 0 Å². The molecule has 0 aliphatic carbocycles. The van der Waals surface area contributed by atoms with Crippen LogP contribution in [0.2, 0.25) is 0 Å². The van der Waals surface area contributed by atoms with Gasteiger partial charge < -0.3 is 10.1 Å². The highest BCUT2D eigenvalue weighted by Crippen LogP contribution is 2.15. The number of carbonyl (C=O) groups is 1. The Kier molecular flexibility index (Phi) is 5.09. The van der Waals surface area contributed by atoms with Gasteiger partial charge in [0.2, 0.25) is 5.91 Å². The van der Waals surface area contributed by atoms with Crippen molar-refractivity contribution < 1.29 is 9.53 Å². The first-order valence-corrected chi connectivity index (χ1v) is 8.14. The molecule has 1 heterocycles. The van der Waals surface area contributed by atoms with E-state index in [0.29, 0.717) is 23.2 Å². The Bertz CT molecular complexity index is 933. The SMILES string of the molecule is CCOc1ccc(NC(=O)CCn2cnc3ccccc3c2=O)cc1. The molecule has 0 atom stereocenters. The molecule has 1 amide bonds. The van der Waals surface area contributed by atoms with Crippen LogP contribution in [0.3, 0.4) is 0 Å². The lowest BCUT2D eigenvalue weighted by molar-refractivity contribution is -0.116. The third kappa shape index (κ3) is 4.03. The summed E-state index contributed by atoms with van der Waals surface area (Å²) in [5.41, 5.74) is 1.21. The first-order chi connectivity index (χ1) is 12.2. The van der Waals surface area contributed by atoms with E-state index in [1.807, 2.05) is 13.0 Å². The summed E-state index contributed by atoms with van der Waals surface area (Å²) < 4.78 is 6.82. The molecule has 128 valence electrons. The lowest BCUT2D eigenvalue weighted by Gasteiger charge is -2.08. The van der Waals surface area contributed by atoms with E-state index in [0.717, 1.165) is 5.75 Å². The number of hydrogen-bond acceptors (Lipinski definition) is 4. The Balaban J connectivity index is 1.62. The quantitative estimate of drug-likeness (QED) is 0.751. The summed E-state index contributed by atoms with van der Waals surface area (Å²) in [5, 5.41) is 3.36. The molecule has 2 aromatic carbocycles. The molecule has 0 unspecified atom stereocenters. The second kappa shape index (κ2) is 7.61. The van der Waals surface area contributed by atoms with E-state index < -0.39 is 0 Å². The van der Waals surface area contributed by atoms with Gasteiger partial charge in [-0.15, -0.1) is 0 Å². The molecule has 0 radical (unpaired) electrons. The second-order valence-corrected chi connectivity index (χ2v) is 5.52. The number of ether oxygens (including phenoxy) is 1. The topological polar surface area (TPSA) is 73.2 Å². The van der Waals surface area contributed by atoms with Gasteiger partial charge in [-0.25, -0.2) is 4.98 Å². The van der Waals surface area contributed by atoms with E-state index in [4.69, 9.17) is 4.74 Å². The number of benzene rings is 2. The lowest BCUT2D eigenvalue weighted by atomic mass is 10.2. The number of aromatic nitrogens is 2. The summed E-state index contributed by atoms with van der Waals surface area (Å²) in [6.07, 6.45) is 1.67. The van der Waals surface area contributed by atoms with Crippen LogP contribution >= 0.6 is 0 Å². The third-order valence-electron chi connectivity index (χ3n) is 3.76. The van der Waals surface area contributed by atoms with Crippen LogP contribution in [0, 0.1) is 0 Å². The summed E-state index contributed by atoms with van der Waals surface area (Å²) in [6.45, 7) is 2.79. The number of nitrogens with one attached hydrogen (secondary N) is 1. The number of anilines is 1. The molecule has 0 aliphatic heterocycles. The largest absolute Gasteiger partial charge is 0.494 e. The van der Waals surface area contributed by atoms with Crippen LogP contribution in [0.4, 0.5) is 5.69 Å². The van der Waals surface area contributed by atoms with Crippen molar-refractivity contribution in [1.82, 2.24) is 9.55 Å². The molecular weight excluding hydrogens is 318 g/mol. The second-order valence-electron chi connectivity index (χ2n) is 5.52. The van der Waals surface area contributed by atoms with Gasteiger partial charge in [0.05, 0.1) is 23.8 Å². The summed E-state index contributed by atoms with van der Waals surface area (Å²) in [6, 6.07) is 14.3. The Hall–Kier alpha value is -3.15. The fraction of sp³-hybridized carbons (Fsp3) is 0.211. The Morgan fingerprint density at radius 1 is 1.16 bits per heavy atom. The zero-order chi connectivity index (χ0) is 17.6. The average Bonchev–Trinajstić information content (AvgIpc) is 2.63. The van der Waals surface area contributed by atoms with Crippen LogP contribution in [0.15, 0.2) is 59.7 Å². The van der Waals surface area contributed by atoms with Crippen molar-refractivity contribution in [3.8, 4) is 5.75 Å². The van der Waals surface area contributed by atoms with E-state index in [1.54, 1.807) is 42.5 Å². The van der Waals surface area contributed by atoms with Crippen molar-refractivity contribution in [2.75, 3.05) is 11.9 Å². The van der Waals surface area contributed by atoms with Crippen LogP contribution < -0.4 is 15.6 Å². The van der Waals surface area contributed by atoms with E-state index in [1.165, 1.54) is 10.9 Å². The molecule has 1 N–H and O–H groups in total. The maximum Gasteiger partial charge on any atom is 0.261 e. The van der Waals surface area contributed by atoms with Crippen molar-refractivity contribution in [2.45, 2.75) is 19.9 Å². The maximum atomic E-state index is 12.4. The fourth-order valence-electron chi connectivity index (χ4n) is 2.51. The summed E-state index contributed by atoms with van der Waals surface area (Å²) in [5.74, 6) is 0.596. The molecule has 1 aromatic heterocycles. The van der Waals surface area contributed by atoms with E-state index in [9.17, 15) is 9.59 Å². The molecule has 6 nitrogen and oxygen atoms in total. The first-order valence-electron chi connectivity index (χ1n) is 8.14. The molecule has 0 bridgehead atoms. The van der Waals surface area contributed by atoms with Crippen LogP contribution in [-0.4, -0.2) is 22.1 Å². The predicted molar refractivity (Wildman–Crippen MR) is 96.9 cm³/mol. The van der Waals surface area contributed by atoms with Gasteiger partial charge in [0.25, 0.3) is 5.56 Å². The third-order valence-corrected chi connectivity index (χ3v) is 3.76. The van der Waals surface area contributed by atoms with Gasteiger partial charge in [-0.05, 0) is 43.3 Å². The van der Waals surface area contributed by atoms with E-state index in [-0.39, 0.29) is 24.4 Å². The van der Waals surface area contributed by atoms with Crippen molar-refractivity contribution >= 4 is 22.5 Å². The number of nitrogens with zero attached hydrogens (tertiary/aromatic N) is 2. The number of amides is 1. The number of fused-ring (bicyclic) bond motifs is 1. The molecule has 0 fully saturated rings. The molecule has 6 heteroatoms. The smallest absolute Gasteiger partial charge is 0.261 e. The molecule has 0 spiro atoms. The minimum atomic E-state index is -0.163. The zero-order valence-corrected chi connectivity index (χ0v) is 13.9. The fourth-order valence-corrected chi connectivity index (χ4v) is 2.51. The average molecular weight is 337 g/mol. The highest BCUT2D eigenvalue weighted by atomic mass is 16.5. The minimum Gasteiger partial charge on any atom is -0.494 e. The normalized spacial score (nSPS) is 10.6. The van der Waals surface area contributed by atoms with Crippen LogP contribution in [-0.2, 0) is 11.3 Å². The van der Waals surface area contributed by atoms with Crippen LogP contribution in [0.5, 0.6) is 5.75 Å². The number of rotatable bonds is 6. The Morgan fingerprint density at radius 3 is 2.68 bits per heavy atom. The lowest BCUT2D eigenvalue weighted by Crippen LogP contribution is -2.23. The number of hydrogen-bond donors (Lipinski definition) is 1. The van der Waals surface area contributed by atoms with Crippen LogP contribution in [0.25, 0.3) is 10.9 Å². The molecule has 0 aliphatic rings. The molecule has 0 saturated carbocycles. The number of para-hydroxylation sites is 1. The van der Waals surface area contributed by atoms with E-state index >= 15 is 0 Å². The van der Waals surface area contributed by atoms with Gasteiger partial charge >= 0.3 is 0 Å². The number of carbonyl (C=O) groups excluding carboxylic acids is 1. The maximum absolute atomic E-state index is 12.4. The monoisotopic (exact) mass is 337 g/mol. The van der Waals surface area contributed by atoms with E-state index in [2.05, 4.69) is 10.3 Å². The van der Waals surface area contributed by atoms with Gasteiger partial charge in [-0.1, -0.05) is 12.1 Å². The van der Waals surface area contributed by atoms with Gasteiger partial charge in [-0.2, -0.15) is 0 Å².